The molecule has 4 aromatic rings. The Morgan fingerprint density at radius 3 is 1.55 bits per heavy atom. The lowest BCUT2D eigenvalue weighted by molar-refractivity contribution is 0.414. The first-order chi connectivity index (χ1) is 15.9. The summed E-state index contributed by atoms with van der Waals surface area (Å²) < 4.78 is 61.7. The first kappa shape index (κ1) is 25.7. The van der Waals surface area contributed by atoms with Crippen molar-refractivity contribution in [3.63, 3.8) is 0 Å². The molecule has 0 aliphatic carbocycles. The van der Waals surface area contributed by atoms with Gasteiger partial charge in [-0.2, -0.15) is 0 Å². The van der Waals surface area contributed by atoms with E-state index in [4.69, 9.17) is 9.15 Å². The van der Waals surface area contributed by atoms with Crippen molar-refractivity contribution in [3.05, 3.63) is 125 Å². The molecule has 1 aromatic heterocycles. The van der Waals surface area contributed by atoms with Gasteiger partial charge in [0.05, 0.1) is 13.4 Å². The van der Waals surface area contributed by atoms with Gasteiger partial charge in [0.1, 0.15) is 34.8 Å². The Labute approximate surface area is 191 Å². The Morgan fingerprint density at radius 2 is 1.12 bits per heavy atom. The zero-order valence-electron chi connectivity index (χ0n) is 18.7. The van der Waals surface area contributed by atoms with Gasteiger partial charge in [0, 0.05) is 18.6 Å². The van der Waals surface area contributed by atoms with Crippen molar-refractivity contribution in [2.45, 2.75) is 26.7 Å². The second-order valence-corrected chi connectivity index (χ2v) is 6.84. The lowest BCUT2D eigenvalue weighted by Crippen LogP contribution is -1.91. The third-order valence-electron chi connectivity index (χ3n) is 4.37. The van der Waals surface area contributed by atoms with Crippen LogP contribution < -0.4 is 4.74 Å². The summed E-state index contributed by atoms with van der Waals surface area (Å²) >= 11 is 0. The number of furan rings is 1. The Morgan fingerprint density at radius 1 is 0.636 bits per heavy atom. The van der Waals surface area contributed by atoms with Crippen LogP contribution in [0.5, 0.6) is 5.75 Å². The molecule has 0 saturated heterocycles. The van der Waals surface area contributed by atoms with E-state index in [1.807, 2.05) is 38.1 Å². The van der Waals surface area contributed by atoms with E-state index in [9.17, 15) is 17.6 Å². The first-order valence-electron chi connectivity index (χ1n) is 10.5. The number of ether oxygens (including phenoxy) is 1. The molecule has 6 heteroatoms. The molecule has 0 amide bonds. The van der Waals surface area contributed by atoms with Gasteiger partial charge in [-0.15, -0.1) is 0 Å². The molecule has 0 fully saturated rings. The average molecular weight is 458 g/mol. The largest absolute Gasteiger partial charge is 0.497 e. The fourth-order valence-corrected chi connectivity index (χ4v) is 3.02. The lowest BCUT2D eigenvalue weighted by atomic mass is 10.0. The van der Waals surface area contributed by atoms with Crippen LogP contribution in [0, 0.1) is 23.3 Å². The summed E-state index contributed by atoms with van der Waals surface area (Å²) in [6.07, 6.45) is 2.44. The molecular formula is C27H26F4O2. The molecule has 0 radical (unpaired) electrons. The normalized spacial score (nSPS) is 9.91. The molecule has 0 atom stereocenters. The van der Waals surface area contributed by atoms with E-state index in [0.717, 1.165) is 23.4 Å². The van der Waals surface area contributed by atoms with E-state index >= 15 is 0 Å². The minimum absolute atomic E-state index is 0.404. The number of hydrogen-bond acceptors (Lipinski definition) is 2. The van der Waals surface area contributed by atoms with Crippen LogP contribution in [0.25, 0.3) is 0 Å². The van der Waals surface area contributed by atoms with Crippen molar-refractivity contribution in [3.8, 4) is 5.75 Å². The number of hydrogen-bond donors (Lipinski definition) is 0. The number of halogens is 4. The standard InChI is InChI=1S/C14H12F2O.C11H8F2O.C2H6/c1-17-14-4-2-10(3-5-14)6-11-7-12(15)9-13(16)8-11;12-9-4-8(5-10(13)7-9)6-11-2-1-3-14-11;1-2/h2-5,7-9H,6H2,1H3;1-5,7H,6H2;1-2H3. The highest BCUT2D eigenvalue weighted by atomic mass is 19.1. The van der Waals surface area contributed by atoms with Crippen molar-refractivity contribution in [2.75, 3.05) is 7.11 Å². The molecule has 1 heterocycles. The maximum absolute atomic E-state index is 13.0. The minimum atomic E-state index is -0.563. The monoisotopic (exact) mass is 458 g/mol. The Kier molecular flexibility index (Phi) is 10.2. The van der Waals surface area contributed by atoms with Gasteiger partial charge in [-0.25, -0.2) is 17.6 Å². The molecule has 3 aromatic carbocycles. The molecule has 0 unspecified atom stereocenters. The van der Waals surface area contributed by atoms with Crippen LogP contribution in [0.15, 0.2) is 83.5 Å². The van der Waals surface area contributed by atoms with Gasteiger partial charge < -0.3 is 9.15 Å². The summed E-state index contributed by atoms with van der Waals surface area (Å²) in [5.74, 6) is -0.769. The van der Waals surface area contributed by atoms with Gasteiger partial charge in [0.15, 0.2) is 0 Å². The van der Waals surface area contributed by atoms with Gasteiger partial charge in [0.25, 0.3) is 0 Å². The molecule has 0 aliphatic rings. The minimum Gasteiger partial charge on any atom is -0.497 e. The zero-order chi connectivity index (χ0) is 24.2. The van der Waals surface area contributed by atoms with Gasteiger partial charge in [-0.3, -0.25) is 0 Å². The van der Waals surface area contributed by atoms with Crippen LogP contribution in [-0.4, -0.2) is 7.11 Å². The molecule has 174 valence electrons. The van der Waals surface area contributed by atoms with Gasteiger partial charge in [-0.05, 0) is 71.6 Å². The van der Waals surface area contributed by atoms with E-state index in [1.54, 1.807) is 19.2 Å². The van der Waals surface area contributed by atoms with Crippen LogP contribution in [-0.2, 0) is 12.8 Å². The molecule has 0 bridgehead atoms. The van der Waals surface area contributed by atoms with Crippen LogP contribution >= 0.6 is 0 Å². The van der Waals surface area contributed by atoms with Gasteiger partial charge in [-0.1, -0.05) is 26.0 Å². The van der Waals surface area contributed by atoms with Crippen molar-refractivity contribution in [2.24, 2.45) is 0 Å². The summed E-state index contributed by atoms with van der Waals surface area (Å²) in [4.78, 5) is 0. The van der Waals surface area contributed by atoms with Crippen LogP contribution in [0.4, 0.5) is 17.6 Å². The average Bonchev–Trinajstić information content (AvgIpc) is 3.28. The molecule has 0 aliphatic heterocycles. The van der Waals surface area contributed by atoms with Crippen LogP contribution in [0.3, 0.4) is 0 Å². The van der Waals surface area contributed by atoms with Crippen molar-refractivity contribution < 1.29 is 26.7 Å². The van der Waals surface area contributed by atoms with Gasteiger partial charge >= 0.3 is 0 Å². The fourth-order valence-electron chi connectivity index (χ4n) is 3.02. The predicted octanol–water partition coefficient (Wildman–Crippen LogP) is 7.74. The maximum atomic E-state index is 13.0. The molecule has 0 N–H and O–H groups in total. The summed E-state index contributed by atoms with van der Waals surface area (Å²) in [6, 6.07) is 17.9. The zero-order valence-corrected chi connectivity index (χ0v) is 18.7. The third-order valence-corrected chi connectivity index (χ3v) is 4.37. The highest BCUT2D eigenvalue weighted by Crippen LogP contribution is 2.16. The predicted molar refractivity (Wildman–Crippen MR) is 121 cm³/mol. The number of benzene rings is 3. The highest BCUT2D eigenvalue weighted by Gasteiger charge is 2.04. The molecule has 2 nitrogen and oxygen atoms in total. The topological polar surface area (TPSA) is 22.4 Å². The van der Waals surface area contributed by atoms with E-state index < -0.39 is 23.3 Å². The van der Waals surface area contributed by atoms with E-state index in [-0.39, 0.29) is 0 Å². The quantitative estimate of drug-likeness (QED) is 0.286. The second-order valence-electron chi connectivity index (χ2n) is 6.84. The Balaban J connectivity index is 0.000000221. The summed E-state index contributed by atoms with van der Waals surface area (Å²) in [6.45, 7) is 4.00. The van der Waals surface area contributed by atoms with E-state index in [1.165, 1.54) is 30.5 Å². The molecule has 0 spiro atoms. The van der Waals surface area contributed by atoms with Crippen LogP contribution in [0.1, 0.15) is 36.3 Å². The Hall–Kier alpha value is -3.54. The van der Waals surface area contributed by atoms with Crippen molar-refractivity contribution >= 4 is 0 Å². The lowest BCUT2D eigenvalue weighted by Gasteiger charge is -2.04. The summed E-state index contributed by atoms with van der Waals surface area (Å²) in [7, 11) is 1.59. The Bertz CT molecular complexity index is 1070. The van der Waals surface area contributed by atoms with Gasteiger partial charge in [0.2, 0.25) is 0 Å². The molecule has 0 saturated carbocycles. The molecule has 4 rings (SSSR count). The van der Waals surface area contributed by atoms with Crippen molar-refractivity contribution in [1.82, 2.24) is 0 Å². The number of rotatable bonds is 5. The third kappa shape index (κ3) is 8.85. The highest BCUT2D eigenvalue weighted by molar-refractivity contribution is 5.31. The summed E-state index contributed by atoms with van der Waals surface area (Å²) in [5, 5.41) is 0. The van der Waals surface area contributed by atoms with Crippen LogP contribution in [0.2, 0.25) is 0 Å². The molecular weight excluding hydrogens is 432 g/mol. The van der Waals surface area contributed by atoms with Crippen molar-refractivity contribution in [1.29, 1.82) is 0 Å². The summed E-state index contributed by atoms with van der Waals surface area (Å²) in [5.41, 5.74) is 2.17. The second kappa shape index (κ2) is 13.1. The SMILES string of the molecule is CC.COc1ccc(Cc2cc(F)cc(F)c2)cc1.Fc1cc(F)cc(Cc2ccco2)c1. The molecule has 33 heavy (non-hydrogen) atoms. The van der Waals surface area contributed by atoms with E-state index in [2.05, 4.69) is 0 Å². The van der Waals surface area contributed by atoms with E-state index in [0.29, 0.717) is 29.7 Å². The smallest absolute Gasteiger partial charge is 0.126 e. The first-order valence-corrected chi connectivity index (χ1v) is 10.5. The number of methoxy groups -OCH3 is 1. The maximum Gasteiger partial charge on any atom is 0.126 e. The fraction of sp³-hybridized carbons (Fsp3) is 0.185.